The zero-order valence-electron chi connectivity index (χ0n) is 15.4. The van der Waals surface area contributed by atoms with Crippen molar-refractivity contribution in [2.24, 2.45) is 0 Å². The Morgan fingerprint density at radius 2 is 2.08 bits per heavy atom. The molecule has 140 valence electrons. The maximum absolute atomic E-state index is 12.0. The Bertz CT molecular complexity index is 814. The van der Waals surface area contributed by atoms with Crippen LogP contribution in [0, 0.1) is 0 Å². The van der Waals surface area contributed by atoms with E-state index < -0.39 is 0 Å². The molecular formula is C18H25N5O2S. The van der Waals surface area contributed by atoms with Gasteiger partial charge in [0.05, 0.1) is 31.7 Å². The third-order valence-corrected chi connectivity index (χ3v) is 6.17. The van der Waals surface area contributed by atoms with Crippen molar-refractivity contribution in [3.05, 3.63) is 16.3 Å². The van der Waals surface area contributed by atoms with E-state index >= 15 is 0 Å². The second kappa shape index (κ2) is 7.46. The number of nitrogens with zero attached hydrogens (tertiary/aromatic N) is 4. The highest BCUT2D eigenvalue weighted by Gasteiger charge is 2.23. The highest BCUT2D eigenvalue weighted by atomic mass is 32.1. The minimum absolute atomic E-state index is 0.0402. The summed E-state index contributed by atoms with van der Waals surface area (Å²) in [6, 6.07) is 0. The minimum Gasteiger partial charge on any atom is -0.379 e. The molecule has 2 aromatic rings. The van der Waals surface area contributed by atoms with Gasteiger partial charge in [-0.2, -0.15) is 0 Å². The molecule has 0 unspecified atom stereocenters. The van der Waals surface area contributed by atoms with Crippen LogP contribution in [0.5, 0.6) is 0 Å². The topological polar surface area (TPSA) is 70.6 Å². The number of likely N-dealkylation sites (N-methyl/N-ethyl adjacent to an activating group) is 1. The number of nitrogens with one attached hydrogen (secondary N) is 1. The number of aryl methyl sites for hydroxylation is 2. The van der Waals surface area contributed by atoms with Crippen molar-refractivity contribution in [2.45, 2.75) is 25.8 Å². The van der Waals surface area contributed by atoms with Gasteiger partial charge in [-0.3, -0.25) is 9.69 Å². The predicted octanol–water partition coefficient (Wildman–Crippen LogP) is 1.51. The second-order valence-electron chi connectivity index (χ2n) is 7.06. The van der Waals surface area contributed by atoms with Crippen molar-refractivity contribution in [1.82, 2.24) is 19.8 Å². The largest absolute Gasteiger partial charge is 0.379 e. The van der Waals surface area contributed by atoms with Crippen molar-refractivity contribution in [3.63, 3.8) is 0 Å². The van der Waals surface area contributed by atoms with E-state index in [9.17, 15) is 4.79 Å². The van der Waals surface area contributed by atoms with Gasteiger partial charge in [-0.15, -0.1) is 11.3 Å². The van der Waals surface area contributed by atoms with Gasteiger partial charge in [0, 0.05) is 32.1 Å². The highest BCUT2D eigenvalue weighted by molar-refractivity contribution is 7.19. The minimum atomic E-state index is 0.0402. The molecule has 1 aliphatic heterocycles. The van der Waals surface area contributed by atoms with E-state index in [2.05, 4.69) is 10.2 Å². The van der Waals surface area contributed by atoms with Crippen LogP contribution in [0.15, 0.2) is 0 Å². The van der Waals surface area contributed by atoms with E-state index in [0.717, 1.165) is 67.5 Å². The Hall–Kier alpha value is -1.77. The molecule has 1 N–H and O–H groups in total. The van der Waals surface area contributed by atoms with Crippen molar-refractivity contribution in [2.75, 3.05) is 52.3 Å². The lowest BCUT2D eigenvalue weighted by atomic mass is 10.2. The summed E-state index contributed by atoms with van der Waals surface area (Å²) in [7, 11) is 3.54. The lowest BCUT2D eigenvalue weighted by molar-refractivity contribution is -0.126. The molecule has 1 fully saturated rings. The zero-order chi connectivity index (χ0) is 18.1. The first-order chi connectivity index (χ1) is 12.6. The van der Waals surface area contributed by atoms with Crippen LogP contribution in [-0.2, 0) is 28.9 Å². The number of rotatable bonds is 5. The lowest BCUT2D eigenvalue weighted by Crippen LogP contribution is -2.36. The number of carbonyl (C=O) groups excluding carboxylic acids is 1. The molecule has 8 heteroatoms. The Kier molecular flexibility index (Phi) is 5.06. The number of thiophene rings is 1. The molecule has 0 radical (unpaired) electrons. The summed E-state index contributed by atoms with van der Waals surface area (Å²) in [5, 5.41) is 4.41. The lowest BCUT2D eigenvalue weighted by Gasteiger charge is -2.25. The number of anilines is 1. The molecule has 7 nitrogen and oxygen atoms in total. The van der Waals surface area contributed by atoms with Gasteiger partial charge in [-0.25, -0.2) is 9.97 Å². The molecule has 0 spiro atoms. The van der Waals surface area contributed by atoms with E-state index in [1.165, 1.54) is 16.9 Å². The van der Waals surface area contributed by atoms with Crippen molar-refractivity contribution in [3.8, 4) is 0 Å². The molecule has 2 aromatic heterocycles. The molecular weight excluding hydrogens is 350 g/mol. The van der Waals surface area contributed by atoms with Gasteiger partial charge in [0.1, 0.15) is 16.5 Å². The van der Waals surface area contributed by atoms with Crippen LogP contribution in [0.3, 0.4) is 0 Å². The first-order valence-electron chi connectivity index (χ1n) is 9.17. The van der Waals surface area contributed by atoms with Gasteiger partial charge in [0.15, 0.2) is 0 Å². The van der Waals surface area contributed by atoms with E-state index in [0.29, 0.717) is 0 Å². The first-order valence-corrected chi connectivity index (χ1v) is 9.99. The molecule has 1 aliphatic carbocycles. The zero-order valence-corrected chi connectivity index (χ0v) is 16.2. The fraction of sp³-hybridized carbons (Fsp3) is 0.611. The average Bonchev–Trinajstić information content (AvgIpc) is 3.20. The molecule has 2 aliphatic rings. The van der Waals surface area contributed by atoms with Crippen LogP contribution in [0.4, 0.5) is 5.82 Å². The summed E-state index contributed by atoms with van der Waals surface area (Å²) >= 11 is 1.79. The van der Waals surface area contributed by atoms with Gasteiger partial charge in [0.25, 0.3) is 0 Å². The number of carbonyl (C=O) groups is 1. The van der Waals surface area contributed by atoms with E-state index in [1.807, 2.05) is 0 Å². The molecule has 4 rings (SSSR count). The van der Waals surface area contributed by atoms with E-state index in [1.54, 1.807) is 30.3 Å². The molecule has 0 bridgehead atoms. The highest BCUT2D eigenvalue weighted by Crippen LogP contribution is 2.39. The number of ether oxygens (including phenoxy) is 1. The van der Waals surface area contributed by atoms with Crippen LogP contribution in [-0.4, -0.2) is 72.6 Å². The number of fused-ring (bicyclic) bond motifs is 3. The second-order valence-corrected chi connectivity index (χ2v) is 8.14. The molecule has 0 aromatic carbocycles. The number of morpholine rings is 1. The van der Waals surface area contributed by atoms with Crippen molar-refractivity contribution in [1.29, 1.82) is 0 Å². The van der Waals surface area contributed by atoms with Gasteiger partial charge in [0.2, 0.25) is 5.91 Å². The van der Waals surface area contributed by atoms with Gasteiger partial charge >= 0.3 is 0 Å². The van der Waals surface area contributed by atoms with Crippen LogP contribution >= 0.6 is 11.3 Å². The number of amides is 1. The van der Waals surface area contributed by atoms with Crippen molar-refractivity contribution < 1.29 is 9.53 Å². The SMILES string of the molecule is CN(C)C(=O)CNc1nc(CN2CCOCC2)nc2sc3c(c12)CCC3. The van der Waals surface area contributed by atoms with Gasteiger partial charge < -0.3 is 15.0 Å². The monoisotopic (exact) mass is 375 g/mol. The molecule has 1 saturated heterocycles. The molecule has 0 atom stereocenters. The van der Waals surface area contributed by atoms with Crippen LogP contribution < -0.4 is 5.32 Å². The van der Waals surface area contributed by atoms with Crippen LogP contribution in [0.1, 0.15) is 22.7 Å². The van der Waals surface area contributed by atoms with Crippen LogP contribution in [0.25, 0.3) is 10.2 Å². The summed E-state index contributed by atoms with van der Waals surface area (Å²) in [6.45, 7) is 4.31. The van der Waals surface area contributed by atoms with Crippen LogP contribution in [0.2, 0.25) is 0 Å². The summed E-state index contributed by atoms with van der Waals surface area (Å²) in [6.07, 6.45) is 3.41. The number of hydrogen-bond acceptors (Lipinski definition) is 7. The summed E-state index contributed by atoms with van der Waals surface area (Å²) in [5.74, 6) is 1.67. The summed E-state index contributed by atoms with van der Waals surface area (Å²) < 4.78 is 5.43. The Morgan fingerprint density at radius 1 is 1.27 bits per heavy atom. The number of aromatic nitrogens is 2. The number of hydrogen-bond donors (Lipinski definition) is 1. The van der Waals surface area contributed by atoms with Crippen molar-refractivity contribution >= 4 is 33.3 Å². The maximum atomic E-state index is 12.0. The standard InChI is InChI=1S/C18H25N5O2S/c1-22(2)15(24)10-19-17-16-12-4-3-5-13(12)26-18(16)21-14(20-17)11-23-6-8-25-9-7-23/h3-11H2,1-2H3,(H,19,20,21). The van der Waals surface area contributed by atoms with Gasteiger partial charge in [-0.05, 0) is 24.8 Å². The first kappa shape index (κ1) is 17.6. The third-order valence-electron chi connectivity index (χ3n) is 4.99. The smallest absolute Gasteiger partial charge is 0.241 e. The predicted molar refractivity (Wildman–Crippen MR) is 103 cm³/mol. The molecule has 3 heterocycles. The Morgan fingerprint density at radius 3 is 2.85 bits per heavy atom. The Labute approximate surface area is 157 Å². The molecule has 26 heavy (non-hydrogen) atoms. The normalized spacial score (nSPS) is 17.5. The molecule has 0 saturated carbocycles. The van der Waals surface area contributed by atoms with E-state index in [4.69, 9.17) is 14.7 Å². The average molecular weight is 375 g/mol. The molecule has 1 amide bonds. The summed E-state index contributed by atoms with van der Waals surface area (Å²) in [4.78, 5) is 28.1. The quantitative estimate of drug-likeness (QED) is 0.854. The summed E-state index contributed by atoms with van der Waals surface area (Å²) in [5.41, 5.74) is 1.38. The van der Waals surface area contributed by atoms with Gasteiger partial charge in [-0.1, -0.05) is 0 Å². The fourth-order valence-corrected chi connectivity index (χ4v) is 4.80. The fourth-order valence-electron chi connectivity index (χ4n) is 3.52. The maximum Gasteiger partial charge on any atom is 0.241 e. The van der Waals surface area contributed by atoms with E-state index in [-0.39, 0.29) is 12.5 Å². The third kappa shape index (κ3) is 3.54. The Balaban J connectivity index is 1.65.